The zero-order valence-electron chi connectivity index (χ0n) is 18.8. The predicted octanol–water partition coefficient (Wildman–Crippen LogP) is 2.57. The fraction of sp³-hybridized carbons (Fsp3) is 0.231. The van der Waals surface area contributed by atoms with Crippen molar-refractivity contribution < 1.29 is 13.0 Å². The summed E-state index contributed by atoms with van der Waals surface area (Å²) in [5, 5.41) is 4.18. The molecule has 1 fully saturated rings. The zero-order chi connectivity index (χ0) is 24.6. The van der Waals surface area contributed by atoms with Gasteiger partial charge in [0, 0.05) is 10.8 Å². The van der Waals surface area contributed by atoms with Crippen LogP contribution in [0.2, 0.25) is 0 Å². The van der Waals surface area contributed by atoms with Crippen molar-refractivity contribution >= 4 is 26.6 Å². The first-order valence-electron chi connectivity index (χ1n) is 11.4. The highest BCUT2D eigenvalue weighted by molar-refractivity contribution is 7.85. The van der Waals surface area contributed by atoms with E-state index >= 15 is 0 Å². The third kappa shape index (κ3) is 4.40. The van der Waals surface area contributed by atoms with Gasteiger partial charge in [-0.05, 0) is 31.0 Å². The van der Waals surface area contributed by atoms with Crippen LogP contribution in [-0.4, -0.2) is 19.0 Å². The van der Waals surface area contributed by atoms with E-state index in [0.29, 0.717) is 5.69 Å². The van der Waals surface area contributed by atoms with Crippen LogP contribution >= 0.6 is 0 Å². The Labute approximate surface area is 200 Å². The molecule has 0 atom stereocenters. The number of nitrogens with zero attached hydrogens (tertiary/aromatic N) is 2. The molecule has 5 rings (SSSR count). The summed E-state index contributed by atoms with van der Waals surface area (Å²) in [5.41, 5.74) is 2.30. The first-order valence-corrected chi connectivity index (χ1v) is 12.9. The van der Waals surface area contributed by atoms with Gasteiger partial charge in [0.25, 0.3) is 10.1 Å². The van der Waals surface area contributed by atoms with E-state index in [1.807, 2.05) is 0 Å². The lowest BCUT2D eigenvalue weighted by molar-refractivity contribution is 0.437. The van der Waals surface area contributed by atoms with Crippen molar-refractivity contribution in [3.63, 3.8) is 0 Å². The van der Waals surface area contributed by atoms with Crippen LogP contribution in [-0.2, 0) is 10.1 Å². The Balaban J connectivity index is 2.00. The second-order valence-corrected chi connectivity index (χ2v) is 10.1. The minimum atomic E-state index is -4.81. The van der Waals surface area contributed by atoms with Crippen LogP contribution in [0.5, 0.6) is 0 Å². The molecule has 1 saturated carbocycles. The lowest BCUT2D eigenvalue weighted by Crippen LogP contribution is -2.34. The van der Waals surface area contributed by atoms with Crippen molar-refractivity contribution in [1.29, 1.82) is 0 Å². The molecule has 0 saturated heterocycles. The standard InChI is InChI=1S/C26H23N3O5S/c30-25-18-13-7-8-14-19(18)26(31)23-22(25)20(27-16-9-3-1-4-10-16)15-21(35(32,33)34)24(23)29-28-17-11-5-2-6-12-17/h2,5-8,11-16,28H,1,3-4,9-10H2,(H,32,33,34)/b27-20?,29-24-. The van der Waals surface area contributed by atoms with Crippen LogP contribution < -0.4 is 27.0 Å². The molecular formula is C26H23N3O5S. The molecule has 0 aliphatic heterocycles. The smallest absolute Gasteiger partial charge is 0.288 e. The van der Waals surface area contributed by atoms with Crippen LogP contribution in [0.25, 0.3) is 10.8 Å². The van der Waals surface area contributed by atoms with Gasteiger partial charge in [-0.25, -0.2) is 0 Å². The van der Waals surface area contributed by atoms with E-state index in [9.17, 15) is 22.6 Å². The van der Waals surface area contributed by atoms with Crippen molar-refractivity contribution in [3.05, 3.63) is 102 Å². The Bertz CT molecular complexity index is 1820. The fourth-order valence-electron chi connectivity index (χ4n) is 4.68. The largest absolute Gasteiger partial charge is 0.296 e. The molecule has 2 N–H and O–H groups in total. The van der Waals surface area contributed by atoms with E-state index in [0.717, 1.165) is 38.2 Å². The van der Waals surface area contributed by atoms with Crippen LogP contribution in [0.1, 0.15) is 32.1 Å². The highest BCUT2D eigenvalue weighted by atomic mass is 32.2. The van der Waals surface area contributed by atoms with Gasteiger partial charge in [-0.15, -0.1) is 0 Å². The van der Waals surface area contributed by atoms with Crippen LogP contribution in [0.3, 0.4) is 0 Å². The lowest BCUT2D eigenvalue weighted by atomic mass is 9.96. The minimum Gasteiger partial charge on any atom is -0.288 e. The Morgan fingerprint density at radius 3 is 2.06 bits per heavy atom. The maximum Gasteiger partial charge on any atom is 0.296 e. The molecule has 35 heavy (non-hydrogen) atoms. The Morgan fingerprint density at radius 1 is 0.829 bits per heavy atom. The molecule has 0 radical (unpaired) electrons. The summed E-state index contributed by atoms with van der Waals surface area (Å²) < 4.78 is 35.0. The van der Waals surface area contributed by atoms with E-state index in [4.69, 9.17) is 4.99 Å². The van der Waals surface area contributed by atoms with Crippen molar-refractivity contribution in [3.8, 4) is 0 Å². The summed E-state index contributed by atoms with van der Waals surface area (Å²) in [6.07, 6.45) is 4.65. The van der Waals surface area contributed by atoms with Crippen molar-refractivity contribution in [2.24, 2.45) is 10.1 Å². The summed E-state index contributed by atoms with van der Waals surface area (Å²) >= 11 is 0. The third-order valence-corrected chi connectivity index (χ3v) is 7.23. The van der Waals surface area contributed by atoms with E-state index < -0.39 is 25.9 Å². The molecule has 3 aliphatic carbocycles. The maximum absolute atomic E-state index is 13.7. The van der Waals surface area contributed by atoms with E-state index in [2.05, 4.69) is 10.5 Å². The number of benzene rings is 2. The quantitative estimate of drug-likeness (QED) is 0.335. The summed E-state index contributed by atoms with van der Waals surface area (Å²) in [5.74, 6) is 0. The number of hydrogen-bond donors (Lipinski definition) is 2. The topological polar surface area (TPSA) is 125 Å². The van der Waals surface area contributed by atoms with Crippen molar-refractivity contribution in [2.45, 2.75) is 43.0 Å². The molecule has 0 unspecified atom stereocenters. The lowest BCUT2D eigenvalue weighted by Gasteiger charge is -2.17. The first-order chi connectivity index (χ1) is 16.8. The number of fused-ring (bicyclic) bond motifs is 1. The van der Waals surface area contributed by atoms with Crippen LogP contribution in [0, 0.1) is 10.4 Å². The number of para-hydroxylation sites is 1. The Hall–Kier alpha value is -3.69. The van der Waals surface area contributed by atoms with Gasteiger partial charge in [0.15, 0.2) is 10.9 Å². The van der Waals surface area contributed by atoms with Gasteiger partial charge in [-0.2, -0.15) is 13.5 Å². The number of anilines is 1. The SMILES string of the molecule is O=c1c2c(=NC3CCCCC3)cc(S(=O)(=O)O)/c(=N/Nc3ccccc3)c=2c(=O)c2ccccc12. The molecule has 9 heteroatoms. The maximum atomic E-state index is 13.7. The molecule has 0 spiro atoms. The third-order valence-electron chi connectivity index (χ3n) is 6.36. The van der Waals surface area contributed by atoms with Gasteiger partial charge in [0.1, 0.15) is 10.3 Å². The molecule has 3 aliphatic rings. The number of nitrogens with one attached hydrogen (secondary N) is 1. The molecule has 0 bridgehead atoms. The van der Waals surface area contributed by atoms with E-state index in [1.165, 1.54) is 6.07 Å². The van der Waals surface area contributed by atoms with Gasteiger partial charge in [-0.3, -0.25) is 24.6 Å². The Kier molecular flexibility index (Phi) is 6.04. The van der Waals surface area contributed by atoms with Crippen LogP contribution in [0.15, 0.2) is 85.2 Å². The van der Waals surface area contributed by atoms with Gasteiger partial charge in [0.2, 0.25) is 0 Å². The molecule has 0 aromatic heterocycles. The van der Waals surface area contributed by atoms with Gasteiger partial charge < -0.3 is 0 Å². The summed E-state index contributed by atoms with van der Waals surface area (Å²) in [6.45, 7) is 0. The van der Waals surface area contributed by atoms with Crippen molar-refractivity contribution in [1.82, 2.24) is 0 Å². The van der Waals surface area contributed by atoms with Crippen LogP contribution in [0.4, 0.5) is 5.69 Å². The zero-order valence-corrected chi connectivity index (χ0v) is 19.6. The van der Waals surface area contributed by atoms with Gasteiger partial charge >= 0.3 is 0 Å². The van der Waals surface area contributed by atoms with Gasteiger partial charge in [0.05, 0.1) is 27.5 Å². The highest BCUT2D eigenvalue weighted by Crippen LogP contribution is 2.19. The second-order valence-electron chi connectivity index (χ2n) is 8.68. The molecule has 0 heterocycles. The molecule has 8 nitrogen and oxygen atoms in total. The molecule has 2 aromatic carbocycles. The normalized spacial score (nSPS) is 16.3. The van der Waals surface area contributed by atoms with Gasteiger partial charge in [-0.1, -0.05) is 61.7 Å². The van der Waals surface area contributed by atoms with E-state index in [1.54, 1.807) is 48.5 Å². The predicted molar refractivity (Wildman–Crippen MR) is 132 cm³/mol. The van der Waals surface area contributed by atoms with E-state index in [-0.39, 0.29) is 38.0 Å². The molecular weight excluding hydrogens is 466 g/mol. The minimum absolute atomic E-state index is 0.0142. The Morgan fingerprint density at radius 2 is 1.43 bits per heavy atom. The molecule has 2 aromatic rings. The number of rotatable bonds is 4. The summed E-state index contributed by atoms with van der Waals surface area (Å²) in [4.78, 5) is 31.4. The molecule has 0 amide bonds. The average Bonchev–Trinajstić information content (AvgIpc) is 2.86. The van der Waals surface area contributed by atoms with Crippen molar-refractivity contribution in [2.75, 3.05) is 5.43 Å². The number of hydrogen-bond acceptors (Lipinski definition) is 7. The molecule has 178 valence electrons. The highest BCUT2D eigenvalue weighted by Gasteiger charge is 2.21. The first kappa shape index (κ1) is 23.1. The average molecular weight is 490 g/mol. The summed E-state index contributed by atoms with van der Waals surface area (Å²) in [6, 6.07) is 16.2. The monoisotopic (exact) mass is 489 g/mol. The summed E-state index contributed by atoms with van der Waals surface area (Å²) in [7, 11) is -4.81. The second kappa shape index (κ2) is 9.16. The fourth-order valence-corrected chi connectivity index (χ4v) is 5.34.